The molecule has 0 aliphatic carbocycles. The molecule has 262 valence electrons. The third-order valence-corrected chi connectivity index (χ3v) is 11.3. The summed E-state index contributed by atoms with van der Waals surface area (Å²) in [5.74, 6) is 2.55. The lowest BCUT2D eigenvalue weighted by atomic mass is 10.0. The van der Waals surface area contributed by atoms with Crippen LogP contribution in [0.1, 0.15) is 0 Å². The number of furan rings is 1. The second-order valence-corrected chi connectivity index (χ2v) is 14.8. The molecule has 0 atom stereocenters. The van der Waals surface area contributed by atoms with Gasteiger partial charge in [-0.1, -0.05) is 127 Å². The standard InChI is InChI=1S/C49H29N5OS/c1-4-12-30(13-5-1)40-29-41(51-46(50-40)31-14-6-2-7-15-31)33-22-25-44-39(26-33)37-23-20-35(28-45(37)56-44)49-53-47(32-16-8-3-9-17-32)52-48(54-49)34-21-24-43-38(27-34)36-18-10-11-19-42(36)55-43/h1-29H. The van der Waals surface area contributed by atoms with E-state index >= 15 is 0 Å². The van der Waals surface area contributed by atoms with Crippen molar-refractivity contribution in [2.75, 3.05) is 0 Å². The molecule has 0 radical (unpaired) electrons. The van der Waals surface area contributed by atoms with Crippen molar-refractivity contribution in [1.29, 1.82) is 0 Å². The second-order valence-electron chi connectivity index (χ2n) is 13.7. The zero-order valence-corrected chi connectivity index (χ0v) is 30.6. The van der Waals surface area contributed by atoms with E-state index in [-0.39, 0.29) is 0 Å². The van der Waals surface area contributed by atoms with Crippen LogP contribution in [0, 0.1) is 0 Å². The summed E-state index contributed by atoms with van der Waals surface area (Å²) in [7, 11) is 0. The molecule has 0 saturated carbocycles. The minimum Gasteiger partial charge on any atom is -0.456 e. The highest BCUT2D eigenvalue weighted by atomic mass is 32.1. The maximum atomic E-state index is 6.12. The fourth-order valence-corrected chi connectivity index (χ4v) is 8.49. The van der Waals surface area contributed by atoms with E-state index in [2.05, 4.69) is 78.9 Å². The number of hydrogen-bond donors (Lipinski definition) is 0. The molecule has 0 unspecified atom stereocenters. The Morgan fingerprint density at radius 3 is 1.54 bits per heavy atom. The van der Waals surface area contributed by atoms with Crippen molar-refractivity contribution >= 4 is 53.4 Å². The predicted octanol–water partition coefficient (Wildman–Crippen LogP) is 12.9. The van der Waals surface area contributed by atoms with Gasteiger partial charge in [-0.25, -0.2) is 24.9 Å². The number of rotatable bonds is 6. The van der Waals surface area contributed by atoms with Crippen molar-refractivity contribution in [3.05, 3.63) is 176 Å². The van der Waals surface area contributed by atoms with Crippen LogP contribution < -0.4 is 0 Å². The van der Waals surface area contributed by atoms with Crippen LogP contribution >= 0.6 is 11.3 Å². The van der Waals surface area contributed by atoms with Crippen molar-refractivity contribution in [3.63, 3.8) is 0 Å². The quantitative estimate of drug-likeness (QED) is 0.169. The number of hydrogen-bond acceptors (Lipinski definition) is 7. The van der Waals surface area contributed by atoms with Crippen LogP contribution in [0.5, 0.6) is 0 Å². The average molecular weight is 736 g/mol. The summed E-state index contributed by atoms with van der Waals surface area (Å²) in [4.78, 5) is 25.2. The van der Waals surface area contributed by atoms with Crippen molar-refractivity contribution in [1.82, 2.24) is 24.9 Å². The number of para-hydroxylation sites is 1. The highest BCUT2D eigenvalue weighted by Crippen LogP contribution is 2.39. The Labute approximate surface area is 325 Å². The van der Waals surface area contributed by atoms with Gasteiger partial charge in [0.2, 0.25) is 0 Å². The van der Waals surface area contributed by atoms with E-state index < -0.39 is 0 Å². The number of benzene rings is 7. The molecule has 7 heteroatoms. The summed E-state index contributed by atoms with van der Waals surface area (Å²) in [6.07, 6.45) is 0. The van der Waals surface area contributed by atoms with E-state index in [1.54, 1.807) is 11.3 Å². The van der Waals surface area contributed by atoms with E-state index in [1.165, 1.54) is 15.5 Å². The Kier molecular flexibility index (Phi) is 7.57. The number of fused-ring (bicyclic) bond motifs is 6. The molecule has 0 saturated heterocycles. The highest BCUT2D eigenvalue weighted by Gasteiger charge is 2.17. The van der Waals surface area contributed by atoms with Gasteiger partial charge in [0.1, 0.15) is 11.2 Å². The van der Waals surface area contributed by atoms with Crippen LogP contribution in [0.4, 0.5) is 0 Å². The molecule has 11 rings (SSSR count). The first-order chi connectivity index (χ1) is 27.7. The molecule has 0 spiro atoms. The normalized spacial score (nSPS) is 11.6. The van der Waals surface area contributed by atoms with Crippen LogP contribution in [0.3, 0.4) is 0 Å². The molecule has 4 heterocycles. The lowest BCUT2D eigenvalue weighted by Crippen LogP contribution is -2.00. The smallest absolute Gasteiger partial charge is 0.164 e. The lowest BCUT2D eigenvalue weighted by molar-refractivity contribution is 0.669. The van der Waals surface area contributed by atoms with E-state index in [9.17, 15) is 0 Å². The molecule has 11 aromatic rings. The van der Waals surface area contributed by atoms with Crippen LogP contribution in [0.2, 0.25) is 0 Å². The Balaban J connectivity index is 1.02. The molecular weight excluding hydrogens is 707 g/mol. The summed E-state index contributed by atoms with van der Waals surface area (Å²) < 4.78 is 8.47. The van der Waals surface area contributed by atoms with Gasteiger partial charge in [0.25, 0.3) is 0 Å². The predicted molar refractivity (Wildman–Crippen MR) is 228 cm³/mol. The Bertz CT molecular complexity index is 3190. The van der Waals surface area contributed by atoms with Crippen LogP contribution in [0.15, 0.2) is 180 Å². The van der Waals surface area contributed by atoms with Gasteiger partial charge in [-0.3, -0.25) is 0 Å². The molecule has 0 bridgehead atoms. The number of nitrogens with zero attached hydrogens (tertiary/aromatic N) is 5. The first-order valence-corrected chi connectivity index (χ1v) is 19.2. The average Bonchev–Trinajstić information content (AvgIpc) is 3.84. The molecule has 0 N–H and O–H groups in total. The summed E-state index contributed by atoms with van der Waals surface area (Å²) in [6, 6.07) is 60.0. The van der Waals surface area contributed by atoms with Gasteiger partial charge in [-0.15, -0.1) is 11.3 Å². The molecule has 0 aliphatic heterocycles. The summed E-state index contributed by atoms with van der Waals surface area (Å²) in [6.45, 7) is 0. The van der Waals surface area contributed by atoms with Crippen LogP contribution in [-0.2, 0) is 0 Å². The van der Waals surface area contributed by atoms with E-state index in [0.717, 1.165) is 71.4 Å². The number of thiophene rings is 1. The van der Waals surface area contributed by atoms with Gasteiger partial charge in [0.05, 0.1) is 11.4 Å². The molecule has 6 nitrogen and oxygen atoms in total. The first kappa shape index (κ1) is 32.1. The lowest BCUT2D eigenvalue weighted by Gasteiger charge is -2.10. The highest BCUT2D eigenvalue weighted by molar-refractivity contribution is 7.25. The van der Waals surface area contributed by atoms with Gasteiger partial charge >= 0.3 is 0 Å². The third-order valence-electron chi connectivity index (χ3n) is 10.2. The zero-order chi connectivity index (χ0) is 37.0. The minimum absolute atomic E-state index is 0.608. The second kappa shape index (κ2) is 13.2. The maximum Gasteiger partial charge on any atom is 0.164 e. The third kappa shape index (κ3) is 5.70. The minimum atomic E-state index is 0.608. The van der Waals surface area contributed by atoms with Gasteiger partial charge in [-0.05, 0) is 48.5 Å². The van der Waals surface area contributed by atoms with Gasteiger partial charge in [-0.2, -0.15) is 0 Å². The van der Waals surface area contributed by atoms with Crippen molar-refractivity contribution < 1.29 is 4.42 Å². The molecular formula is C49H29N5OS. The number of aromatic nitrogens is 5. The largest absolute Gasteiger partial charge is 0.456 e. The molecule has 7 aromatic carbocycles. The van der Waals surface area contributed by atoms with Crippen LogP contribution in [-0.4, -0.2) is 24.9 Å². The van der Waals surface area contributed by atoms with Gasteiger partial charge in [0, 0.05) is 64.3 Å². The molecule has 4 aromatic heterocycles. The molecule has 0 fully saturated rings. The van der Waals surface area contributed by atoms with Gasteiger partial charge < -0.3 is 4.42 Å². The SMILES string of the molecule is c1ccc(-c2cc(-c3ccc4sc5cc(-c6nc(-c7ccccc7)nc(-c7ccc8oc9ccccc9c8c7)n6)ccc5c4c3)nc(-c3ccccc3)n2)cc1. The van der Waals surface area contributed by atoms with E-state index in [1.807, 2.05) is 97.1 Å². The van der Waals surface area contributed by atoms with Crippen molar-refractivity contribution in [2.24, 2.45) is 0 Å². The topological polar surface area (TPSA) is 77.6 Å². The summed E-state index contributed by atoms with van der Waals surface area (Å²) in [5.41, 5.74) is 9.28. The maximum absolute atomic E-state index is 6.12. The Morgan fingerprint density at radius 2 is 0.821 bits per heavy atom. The van der Waals surface area contributed by atoms with E-state index in [4.69, 9.17) is 29.3 Å². The molecule has 0 aliphatic rings. The van der Waals surface area contributed by atoms with Crippen molar-refractivity contribution in [3.8, 4) is 68.1 Å². The fourth-order valence-electron chi connectivity index (χ4n) is 7.36. The van der Waals surface area contributed by atoms with Crippen LogP contribution in [0.25, 0.3) is 110 Å². The summed E-state index contributed by atoms with van der Waals surface area (Å²) in [5, 5.41) is 4.44. The summed E-state index contributed by atoms with van der Waals surface area (Å²) >= 11 is 1.76. The zero-order valence-electron chi connectivity index (χ0n) is 29.8. The van der Waals surface area contributed by atoms with Crippen molar-refractivity contribution in [2.45, 2.75) is 0 Å². The monoisotopic (exact) mass is 735 g/mol. The molecule has 56 heavy (non-hydrogen) atoms. The fraction of sp³-hybridized carbons (Fsp3) is 0. The Hall–Kier alpha value is -7.35. The molecule has 0 amide bonds. The van der Waals surface area contributed by atoms with Gasteiger partial charge in [0.15, 0.2) is 23.3 Å². The van der Waals surface area contributed by atoms with E-state index in [0.29, 0.717) is 23.3 Å². The Morgan fingerprint density at radius 1 is 0.304 bits per heavy atom. The first-order valence-electron chi connectivity index (χ1n) is 18.4.